The average molecular weight is 486 g/mol. The minimum absolute atomic E-state index is 0.0976. The van der Waals surface area contributed by atoms with E-state index in [-0.39, 0.29) is 11.8 Å². The lowest BCUT2D eigenvalue weighted by atomic mass is 10.1. The number of piperazine rings is 1. The Bertz CT molecular complexity index is 1160. The standard InChI is InChI=1S/C30H35N3O3/c1-24-22-28(25(2)36-24)30(35)33(23-27-12-7-4-8-13-27)17-15-29(34)32-20-18-31(19-21-32)16-9-14-26-10-5-3-6-11-26/h3-14,22H,15-21,23H2,1-2H3/b14-9+. The monoisotopic (exact) mass is 485 g/mol. The van der Waals surface area contributed by atoms with Gasteiger partial charge in [-0.3, -0.25) is 14.5 Å². The smallest absolute Gasteiger partial charge is 0.257 e. The van der Waals surface area contributed by atoms with Gasteiger partial charge in [-0.15, -0.1) is 0 Å². The van der Waals surface area contributed by atoms with Crippen molar-refractivity contribution in [3.05, 3.63) is 101 Å². The van der Waals surface area contributed by atoms with Crippen LogP contribution in [0.15, 0.2) is 77.2 Å². The number of carbonyl (C=O) groups excluding carboxylic acids is 2. The summed E-state index contributed by atoms with van der Waals surface area (Å²) in [4.78, 5) is 32.4. The minimum Gasteiger partial charge on any atom is -0.466 e. The molecule has 1 aliphatic rings. The lowest BCUT2D eigenvalue weighted by Gasteiger charge is -2.34. The molecule has 0 bridgehead atoms. The van der Waals surface area contributed by atoms with Crippen molar-refractivity contribution in [1.82, 2.24) is 14.7 Å². The Morgan fingerprint density at radius 1 is 0.944 bits per heavy atom. The van der Waals surface area contributed by atoms with E-state index >= 15 is 0 Å². The van der Waals surface area contributed by atoms with Gasteiger partial charge in [0.25, 0.3) is 5.91 Å². The van der Waals surface area contributed by atoms with Crippen LogP contribution in [0.5, 0.6) is 0 Å². The fraction of sp³-hybridized carbons (Fsp3) is 0.333. The molecule has 1 saturated heterocycles. The van der Waals surface area contributed by atoms with E-state index in [1.807, 2.05) is 60.4 Å². The third-order valence-electron chi connectivity index (χ3n) is 6.57. The van der Waals surface area contributed by atoms with Crippen LogP contribution in [0.3, 0.4) is 0 Å². The van der Waals surface area contributed by atoms with Crippen LogP contribution < -0.4 is 0 Å². The lowest BCUT2D eigenvalue weighted by Crippen LogP contribution is -2.49. The van der Waals surface area contributed by atoms with Crippen molar-refractivity contribution in [2.75, 3.05) is 39.3 Å². The Morgan fingerprint density at radius 3 is 2.25 bits per heavy atom. The van der Waals surface area contributed by atoms with Gasteiger partial charge in [0, 0.05) is 52.2 Å². The summed E-state index contributed by atoms with van der Waals surface area (Å²) in [6, 6.07) is 21.9. The van der Waals surface area contributed by atoms with Crippen LogP contribution >= 0.6 is 0 Å². The van der Waals surface area contributed by atoms with Gasteiger partial charge >= 0.3 is 0 Å². The van der Waals surface area contributed by atoms with Gasteiger partial charge in [0.05, 0.1) is 5.56 Å². The SMILES string of the molecule is Cc1cc(C(=O)N(CCC(=O)N2CCN(C/C=C/c3ccccc3)CC2)Cc2ccccc2)c(C)o1. The highest BCUT2D eigenvalue weighted by Crippen LogP contribution is 2.18. The molecule has 0 atom stereocenters. The quantitative estimate of drug-likeness (QED) is 0.437. The fourth-order valence-electron chi connectivity index (χ4n) is 4.54. The number of rotatable bonds is 9. The maximum atomic E-state index is 13.3. The van der Waals surface area contributed by atoms with E-state index in [0.717, 1.165) is 25.2 Å². The first kappa shape index (κ1) is 25.5. The third-order valence-corrected chi connectivity index (χ3v) is 6.57. The lowest BCUT2D eigenvalue weighted by molar-refractivity contribution is -0.133. The van der Waals surface area contributed by atoms with E-state index in [1.165, 1.54) is 5.56 Å². The van der Waals surface area contributed by atoms with Gasteiger partial charge < -0.3 is 14.2 Å². The van der Waals surface area contributed by atoms with E-state index in [9.17, 15) is 9.59 Å². The molecule has 3 aromatic rings. The molecule has 0 radical (unpaired) electrons. The number of benzene rings is 2. The molecule has 1 aliphatic heterocycles. The largest absolute Gasteiger partial charge is 0.466 e. The summed E-state index contributed by atoms with van der Waals surface area (Å²) in [6.07, 6.45) is 4.63. The minimum atomic E-state index is -0.101. The molecule has 0 N–H and O–H groups in total. The van der Waals surface area contributed by atoms with E-state index in [4.69, 9.17) is 4.42 Å². The number of hydrogen-bond acceptors (Lipinski definition) is 4. The normalized spacial score (nSPS) is 14.3. The van der Waals surface area contributed by atoms with Crippen LogP contribution in [0.2, 0.25) is 0 Å². The van der Waals surface area contributed by atoms with Crippen LogP contribution in [0, 0.1) is 13.8 Å². The molecule has 188 valence electrons. The van der Waals surface area contributed by atoms with Crippen LogP contribution in [0.1, 0.15) is 39.4 Å². The zero-order valence-corrected chi connectivity index (χ0v) is 21.2. The van der Waals surface area contributed by atoms with Gasteiger partial charge in [0.2, 0.25) is 5.91 Å². The first-order valence-electron chi connectivity index (χ1n) is 12.6. The van der Waals surface area contributed by atoms with Crippen molar-refractivity contribution in [2.24, 2.45) is 0 Å². The molecule has 2 amide bonds. The summed E-state index contributed by atoms with van der Waals surface area (Å²) in [5.74, 6) is 1.32. The first-order chi connectivity index (χ1) is 17.5. The van der Waals surface area contributed by atoms with Crippen LogP contribution in [-0.4, -0.2) is 65.8 Å². The second-order valence-corrected chi connectivity index (χ2v) is 9.28. The van der Waals surface area contributed by atoms with Crippen molar-refractivity contribution in [3.63, 3.8) is 0 Å². The Kier molecular flexibility index (Phi) is 8.74. The van der Waals surface area contributed by atoms with E-state index in [0.29, 0.717) is 49.7 Å². The predicted octanol–water partition coefficient (Wildman–Crippen LogP) is 4.79. The van der Waals surface area contributed by atoms with E-state index in [2.05, 4.69) is 29.2 Å². The molecule has 1 aromatic heterocycles. The highest BCUT2D eigenvalue weighted by molar-refractivity contribution is 5.95. The van der Waals surface area contributed by atoms with E-state index < -0.39 is 0 Å². The summed E-state index contributed by atoms with van der Waals surface area (Å²) in [5.41, 5.74) is 2.79. The molecule has 6 nitrogen and oxygen atoms in total. The number of amides is 2. The Morgan fingerprint density at radius 2 is 1.61 bits per heavy atom. The summed E-state index contributed by atoms with van der Waals surface area (Å²) >= 11 is 0. The number of aryl methyl sites for hydroxylation is 2. The summed E-state index contributed by atoms with van der Waals surface area (Å²) in [6.45, 7) is 8.48. The van der Waals surface area contributed by atoms with Crippen molar-refractivity contribution < 1.29 is 14.0 Å². The van der Waals surface area contributed by atoms with Gasteiger partial charge in [0.15, 0.2) is 0 Å². The molecule has 2 aromatic carbocycles. The molecule has 0 aliphatic carbocycles. The zero-order valence-electron chi connectivity index (χ0n) is 21.2. The Labute approximate surface area is 213 Å². The molecule has 6 heteroatoms. The Balaban J connectivity index is 1.30. The van der Waals surface area contributed by atoms with Crippen molar-refractivity contribution in [3.8, 4) is 0 Å². The van der Waals surface area contributed by atoms with Crippen LogP contribution in [0.25, 0.3) is 6.08 Å². The predicted molar refractivity (Wildman–Crippen MR) is 142 cm³/mol. The summed E-state index contributed by atoms with van der Waals surface area (Å²) in [7, 11) is 0. The maximum absolute atomic E-state index is 13.3. The van der Waals surface area contributed by atoms with E-state index in [1.54, 1.807) is 17.9 Å². The topological polar surface area (TPSA) is 57.0 Å². The average Bonchev–Trinajstić information content (AvgIpc) is 3.25. The van der Waals surface area contributed by atoms with Gasteiger partial charge in [-0.1, -0.05) is 72.8 Å². The van der Waals surface area contributed by atoms with Crippen LogP contribution in [-0.2, 0) is 11.3 Å². The molecule has 36 heavy (non-hydrogen) atoms. The van der Waals surface area contributed by atoms with Crippen LogP contribution in [0.4, 0.5) is 0 Å². The number of hydrogen-bond donors (Lipinski definition) is 0. The molecule has 1 fully saturated rings. The fourth-order valence-corrected chi connectivity index (χ4v) is 4.54. The second kappa shape index (κ2) is 12.4. The Hall–Kier alpha value is -3.64. The molecule has 0 saturated carbocycles. The van der Waals surface area contributed by atoms with Gasteiger partial charge in [-0.2, -0.15) is 0 Å². The molecule has 2 heterocycles. The highest BCUT2D eigenvalue weighted by Gasteiger charge is 2.24. The molecule has 4 rings (SSSR count). The third kappa shape index (κ3) is 6.95. The van der Waals surface area contributed by atoms with Crippen molar-refractivity contribution in [1.29, 1.82) is 0 Å². The van der Waals surface area contributed by atoms with Gasteiger partial charge in [-0.25, -0.2) is 0 Å². The molecule has 0 unspecified atom stereocenters. The van der Waals surface area contributed by atoms with Crippen molar-refractivity contribution >= 4 is 17.9 Å². The number of furan rings is 1. The summed E-state index contributed by atoms with van der Waals surface area (Å²) < 4.78 is 5.59. The zero-order chi connectivity index (χ0) is 25.3. The number of nitrogens with zero attached hydrogens (tertiary/aromatic N) is 3. The molecular weight excluding hydrogens is 450 g/mol. The van der Waals surface area contributed by atoms with Crippen molar-refractivity contribution in [2.45, 2.75) is 26.8 Å². The maximum Gasteiger partial charge on any atom is 0.257 e. The summed E-state index contributed by atoms with van der Waals surface area (Å²) in [5, 5.41) is 0. The highest BCUT2D eigenvalue weighted by atomic mass is 16.3. The second-order valence-electron chi connectivity index (χ2n) is 9.28. The van der Waals surface area contributed by atoms with Gasteiger partial charge in [0.1, 0.15) is 11.5 Å². The number of carbonyl (C=O) groups is 2. The molecular formula is C30H35N3O3. The first-order valence-corrected chi connectivity index (χ1v) is 12.6. The van der Waals surface area contributed by atoms with Gasteiger partial charge in [-0.05, 0) is 31.0 Å². The molecule has 0 spiro atoms.